The van der Waals surface area contributed by atoms with Crippen molar-refractivity contribution in [3.63, 3.8) is 0 Å². The number of hydrogen-bond acceptors (Lipinski definition) is 9. The number of allylic oxidation sites excluding steroid dienone is 1. The number of benzene rings is 1. The molecule has 12 nitrogen and oxygen atoms in total. The molecule has 160 valence electrons. The van der Waals surface area contributed by atoms with Gasteiger partial charge in [0, 0.05) is 31.2 Å². The Hall–Kier alpha value is -4.53. The molecule has 0 saturated carbocycles. The normalized spacial score (nSPS) is 10.5. The van der Waals surface area contributed by atoms with E-state index in [1.807, 2.05) is 6.07 Å². The van der Waals surface area contributed by atoms with Crippen LogP contribution in [0.4, 0.5) is 22.7 Å². The van der Waals surface area contributed by atoms with E-state index in [4.69, 9.17) is 4.74 Å². The van der Waals surface area contributed by atoms with E-state index in [0.717, 1.165) is 16.7 Å². The molecule has 0 spiro atoms. The van der Waals surface area contributed by atoms with Gasteiger partial charge in [0.1, 0.15) is 17.3 Å². The van der Waals surface area contributed by atoms with Crippen molar-refractivity contribution >= 4 is 28.7 Å². The van der Waals surface area contributed by atoms with Gasteiger partial charge < -0.3 is 15.2 Å². The number of non-ortho nitro benzene ring substituents is 1. The average molecular weight is 426 g/mol. The lowest BCUT2D eigenvalue weighted by Gasteiger charge is -2.14. The van der Waals surface area contributed by atoms with Gasteiger partial charge in [-0.15, -0.1) is 16.8 Å². The molecule has 0 aliphatic rings. The van der Waals surface area contributed by atoms with Gasteiger partial charge in [-0.25, -0.2) is 0 Å². The number of phenolic OH excluding ortho intramolecular Hbond substituents is 1. The Balaban J connectivity index is 2.76. The number of pyridine rings is 1. The molecule has 31 heavy (non-hydrogen) atoms. The van der Waals surface area contributed by atoms with Crippen LogP contribution in [0, 0.1) is 28.4 Å². The summed E-state index contributed by atoms with van der Waals surface area (Å²) in [6.45, 7) is 6.21. The quantitative estimate of drug-likeness (QED) is 0.225. The Bertz CT molecular complexity index is 1210. The summed E-state index contributed by atoms with van der Waals surface area (Å²) in [5, 5.41) is 41.0. The van der Waals surface area contributed by atoms with Crippen molar-refractivity contribution in [3.05, 3.63) is 56.4 Å². The first-order valence-corrected chi connectivity index (χ1v) is 8.69. The van der Waals surface area contributed by atoms with Gasteiger partial charge in [0.25, 0.3) is 11.2 Å². The van der Waals surface area contributed by atoms with Crippen molar-refractivity contribution < 1.29 is 19.6 Å². The highest BCUT2D eigenvalue weighted by molar-refractivity contribution is 5.92. The number of nitrogens with one attached hydrogen (secondary N) is 1. The van der Waals surface area contributed by atoms with E-state index in [-0.39, 0.29) is 40.6 Å². The maximum atomic E-state index is 12.5. The first-order chi connectivity index (χ1) is 14.7. The Kier molecular flexibility index (Phi) is 6.84. The van der Waals surface area contributed by atoms with Crippen LogP contribution in [0.15, 0.2) is 39.8 Å². The van der Waals surface area contributed by atoms with Gasteiger partial charge in [-0.2, -0.15) is 5.26 Å². The molecule has 1 aromatic carbocycles. The number of rotatable bonds is 7. The van der Waals surface area contributed by atoms with Crippen molar-refractivity contribution in [1.29, 1.82) is 5.26 Å². The van der Waals surface area contributed by atoms with Crippen LogP contribution in [0.25, 0.3) is 0 Å². The number of carbonyl (C=O) groups excluding carboxylic acids is 1. The molecule has 0 unspecified atom stereocenters. The van der Waals surface area contributed by atoms with Crippen LogP contribution in [0.3, 0.4) is 0 Å². The number of azo groups is 1. The summed E-state index contributed by atoms with van der Waals surface area (Å²) >= 11 is 0. The summed E-state index contributed by atoms with van der Waals surface area (Å²) in [6, 6.07) is 3.73. The fraction of sp³-hybridized carbons (Fsp3) is 0.211. The molecule has 1 aromatic heterocycles. The monoisotopic (exact) mass is 426 g/mol. The lowest BCUT2D eigenvalue weighted by Crippen LogP contribution is -2.24. The van der Waals surface area contributed by atoms with E-state index in [1.165, 1.54) is 27.0 Å². The summed E-state index contributed by atoms with van der Waals surface area (Å²) < 4.78 is 6.40. The molecule has 2 rings (SSSR count). The standard InChI is InChI=1S/C19H18N6O6/c1-5-6-24-18(28)13(9-20)10(2)16(19(24)31-4)23-22-15-8-12(25(29)30)7-14(17(15)27)21-11(3)26/h5,7-8,27H,1,6H2,2-4H3,(H,21,26). The molecule has 2 aromatic rings. The largest absolute Gasteiger partial charge is 0.504 e. The van der Waals surface area contributed by atoms with Gasteiger partial charge in [-0.3, -0.25) is 24.3 Å². The number of nitro groups is 1. The van der Waals surface area contributed by atoms with Gasteiger partial charge in [0.05, 0.1) is 17.7 Å². The highest BCUT2D eigenvalue weighted by Crippen LogP contribution is 2.40. The zero-order valence-electron chi connectivity index (χ0n) is 16.9. The number of nitrogens with zero attached hydrogens (tertiary/aromatic N) is 5. The van der Waals surface area contributed by atoms with Crippen LogP contribution in [0.5, 0.6) is 11.6 Å². The molecule has 12 heteroatoms. The van der Waals surface area contributed by atoms with Crippen molar-refractivity contribution in [3.8, 4) is 17.7 Å². The average Bonchev–Trinajstić information content (AvgIpc) is 2.71. The van der Waals surface area contributed by atoms with E-state index in [2.05, 4.69) is 22.1 Å². The Morgan fingerprint density at radius 3 is 2.68 bits per heavy atom. The molecular weight excluding hydrogens is 408 g/mol. The van der Waals surface area contributed by atoms with Crippen LogP contribution >= 0.6 is 0 Å². The van der Waals surface area contributed by atoms with Crippen LogP contribution in [0.2, 0.25) is 0 Å². The van der Waals surface area contributed by atoms with E-state index in [0.29, 0.717) is 0 Å². The molecule has 0 aliphatic heterocycles. The number of aromatic hydroxyl groups is 1. The Morgan fingerprint density at radius 1 is 1.48 bits per heavy atom. The lowest BCUT2D eigenvalue weighted by molar-refractivity contribution is -0.384. The van der Waals surface area contributed by atoms with E-state index < -0.39 is 27.8 Å². The minimum Gasteiger partial charge on any atom is -0.504 e. The molecule has 0 fully saturated rings. The minimum atomic E-state index is -0.729. The molecule has 0 radical (unpaired) electrons. The third kappa shape index (κ3) is 4.56. The highest BCUT2D eigenvalue weighted by Gasteiger charge is 2.21. The smallest absolute Gasteiger partial charge is 0.274 e. The number of nitro benzene ring substituents is 1. The van der Waals surface area contributed by atoms with E-state index >= 15 is 0 Å². The Morgan fingerprint density at radius 2 is 2.16 bits per heavy atom. The molecule has 0 aliphatic carbocycles. The molecular formula is C19H18N6O6. The number of carbonyl (C=O) groups is 1. The van der Waals surface area contributed by atoms with Crippen molar-refractivity contribution in [2.24, 2.45) is 10.2 Å². The van der Waals surface area contributed by atoms with Gasteiger partial charge in [0.2, 0.25) is 11.8 Å². The SMILES string of the molecule is C=CCn1c(OC)c(N=Nc2cc([N+](=O)[O-])cc(NC(C)=O)c2O)c(C)c(C#N)c1=O. The van der Waals surface area contributed by atoms with Crippen LogP contribution in [-0.4, -0.2) is 27.6 Å². The van der Waals surface area contributed by atoms with E-state index in [1.54, 1.807) is 0 Å². The zero-order valence-corrected chi connectivity index (χ0v) is 16.9. The van der Waals surface area contributed by atoms with Gasteiger partial charge >= 0.3 is 0 Å². The summed E-state index contributed by atoms with van der Waals surface area (Å²) in [5.74, 6) is -1.13. The zero-order chi connectivity index (χ0) is 23.3. The van der Waals surface area contributed by atoms with Crippen LogP contribution < -0.4 is 15.6 Å². The summed E-state index contributed by atoms with van der Waals surface area (Å²) in [4.78, 5) is 34.3. The number of amides is 1. The van der Waals surface area contributed by atoms with Crippen LogP contribution in [0.1, 0.15) is 18.1 Å². The number of anilines is 1. The molecule has 0 saturated heterocycles. The number of aromatic nitrogens is 1. The summed E-state index contributed by atoms with van der Waals surface area (Å²) in [6.07, 6.45) is 1.42. The molecule has 1 amide bonds. The number of methoxy groups -OCH3 is 1. The fourth-order valence-corrected chi connectivity index (χ4v) is 2.72. The van der Waals surface area contributed by atoms with Crippen molar-refractivity contribution in [2.75, 3.05) is 12.4 Å². The second kappa shape index (κ2) is 9.31. The number of phenols is 1. The lowest BCUT2D eigenvalue weighted by atomic mass is 10.1. The second-order valence-electron chi connectivity index (χ2n) is 6.17. The predicted molar refractivity (Wildman–Crippen MR) is 110 cm³/mol. The first kappa shape index (κ1) is 22.8. The predicted octanol–water partition coefficient (Wildman–Crippen LogP) is 3.21. The van der Waals surface area contributed by atoms with E-state index in [9.17, 15) is 30.1 Å². The summed E-state index contributed by atoms with van der Waals surface area (Å²) in [7, 11) is 1.29. The fourth-order valence-electron chi connectivity index (χ4n) is 2.72. The Labute approximate surface area is 175 Å². The minimum absolute atomic E-state index is 0.00693. The summed E-state index contributed by atoms with van der Waals surface area (Å²) in [5.41, 5.74) is -1.63. The van der Waals surface area contributed by atoms with Gasteiger partial charge in [-0.1, -0.05) is 6.08 Å². The van der Waals surface area contributed by atoms with Crippen molar-refractivity contribution in [1.82, 2.24) is 4.57 Å². The number of ether oxygens (including phenoxy) is 1. The third-order valence-electron chi connectivity index (χ3n) is 4.11. The highest BCUT2D eigenvalue weighted by atomic mass is 16.6. The maximum absolute atomic E-state index is 12.5. The maximum Gasteiger partial charge on any atom is 0.274 e. The van der Waals surface area contributed by atoms with Crippen molar-refractivity contribution in [2.45, 2.75) is 20.4 Å². The molecule has 0 atom stereocenters. The number of nitriles is 1. The second-order valence-corrected chi connectivity index (χ2v) is 6.17. The molecule has 0 bridgehead atoms. The molecule has 2 N–H and O–H groups in total. The number of hydrogen-bond donors (Lipinski definition) is 2. The third-order valence-corrected chi connectivity index (χ3v) is 4.11. The van der Waals surface area contributed by atoms with Gasteiger partial charge in [0.15, 0.2) is 11.4 Å². The first-order valence-electron chi connectivity index (χ1n) is 8.69. The van der Waals surface area contributed by atoms with Crippen LogP contribution in [-0.2, 0) is 11.3 Å². The molecule has 1 heterocycles. The topological polar surface area (TPSA) is 172 Å². The van der Waals surface area contributed by atoms with Gasteiger partial charge in [-0.05, 0) is 6.92 Å².